The number of rotatable bonds is 3. The Labute approximate surface area is 136 Å². The number of halogens is 4. The molecular formula is C14H8Cl4N2. The van der Waals surface area contributed by atoms with E-state index in [0.717, 1.165) is 0 Å². The van der Waals surface area contributed by atoms with Gasteiger partial charge in [0.1, 0.15) is 0 Å². The van der Waals surface area contributed by atoms with Gasteiger partial charge in [-0.3, -0.25) is 0 Å². The van der Waals surface area contributed by atoms with Gasteiger partial charge in [-0.1, -0.05) is 64.6 Å². The maximum absolute atomic E-state index is 6.05. The van der Waals surface area contributed by atoms with E-state index in [-0.39, 0.29) is 5.16 Å². The third-order valence-corrected chi connectivity index (χ3v) is 3.35. The van der Waals surface area contributed by atoms with E-state index in [0.29, 0.717) is 26.3 Å². The van der Waals surface area contributed by atoms with Crippen LogP contribution in [0.3, 0.4) is 0 Å². The summed E-state index contributed by atoms with van der Waals surface area (Å²) in [6, 6.07) is 12.4. The van der Waals surface area contributed by atoms with Crippen molar-refractivity contribution in [1.82, 2.24) is 0 Å². The molecule has 0 saturated heterocycles. The molecule has 0 unspecified atom stereocenters. The Bertz CT molecular complexity index is 643. The summed E-state index contributed by atoms with van der Waals surface area (Å²) in [5.41, 5.74) is 1.25. The predicted molar refractivity (Wildman–Crippen MR) is 86.3 cm³/mol. The molecule has 0 aliphatic heterocycles. The van der Waals surface area contributed by atoms with Gasteiger partial charge in [-0.05, 0) is 30.3 Å². The number of hydrogen-bond donors (Lipinski definition) is 0. The van der Waals surface area contributed by atoms with E-state index in [9.17, 15) is 0 Å². The minimum Gasteiger partial charge on any atom is -0.150 e. The normalized spacial score (nSPS) is 12.1. The number of azo groups is 1. The van der Waals surface area contributed by atoms with Crippen molar-refractivity contribution in [3.63, 3.8) is 0 Å². The van der Waals surface area contributed by atoms with E-state index in [1.807, 2.05) is 30.3 Å². The van der Waals surface area contributed by atoms with Crippen LogP contribution in [0.15, 0.2) is 57.8 Å². The lowest BCUT2D eigenvalue weighted by molar-refractivity contribution is 1.21. The quantitative estimate of drug-likeness (QED) is 0.424. The summed E-state index contributed by atoms with van der Waals surface area (Å²) in [4.78, 5) is 0. The molecule has 0 fully saturated rings. The Morgan fingerprint density at radius 2 is 1.55 bits per heavy atom. The highest BCUT2D eigenvalue weighted by molar-refractivity contribution is 6.40. The summed E-state index contributed by atoms with van der Waals surface area (Å²) in [6.45, 7) is 0. The van der Waals surface area contributed by atoms with Crippen molar-refractivity contribution in [2.75, 3.05) is 0 Å². The van der Waals surface area contributed by atoms with Gasteiger partial charge >= 0.3 is 0 Å². The van der Waals surface area contributed by atoms with Gasteiger partial charge in [0.2, 0.25) is 0 Å². The van der Waals surface area contributed by atoms with Crippen molar-refractivity contribution in [2.24, 2.45) is 10.2 Å². The molecule has 2 aromatic carbocycles. The zero-order valence-corrected chi connectivity index (χ0v) is 13.0. The summed E-state index contributed by atoms with van der Waals surface area (Å²) in [6.07, 6.45) is 1.54. The monoisotopic (exact) mass is 344 g/mol. The van der Waals surface area contributed by atoms with E-state index in [2.05, 4.69) is 10.2 Å². The molecule has 6 heteroatoms. The van der Waals surface area contributed by atoms with Crippen molar-refractivity contribution >= 4 is 58.2 Å². The number of hydrogen-bond acceptors (Lipinski definition) is 2. The lowest BCUT2D eigenvalue weighted by Crippen LogP contribution is -1.79. The molecule has 0 aliphatic rings. The van der Waals surface area contributed by atoms with E-state index in [4.69, 9.17) is 46.4 Å². The van der Waals surface area contributed by atoms with Crippen LogP contribution in [0.5, 0.6) is 0 Å². The molecule has 0 aromatic heterocycles. The molecule has 0 spiro atoms. The van der Waals surface area contributed by atoms with E-state index in [1.165, 1.54) is 6.08 Å². The second-order valence-electron chi connectivity index (χ2n) is 3.79. The molecule has 0 N–H and O–H groups in total. The third kappa shape index (κ3) is 4.22. The highest BCUT2D eigenvalue weighted by atomic mass is 35.5. The zero-order valence-electron chi connectivity index (χ0n) is 10.0. The standard InChI is InChI=1S/C14H8Cl4N2/c15-9-6-12(16)11(13(17)7-9)8-14(18)20-19-10-4-2-1-3-5-10/h1-8H/b14-8-,20-19?. The van der Waals surface area contributed by atoms with Gasteiger partial charge < -0.3 is 0 Å². The SMILES string of the molecule is Cl/C(=C/c1c(Cl)cc(Cl)cc1Cl)N=Nc1ccccc1. The Morgan fingerprint density at radius 1 is 0.950 bits per heavy atom. The molecule has 0 amide bonds. The van der Waals surface area contributed by atoms with Gasteiger partial charge in [-0.2, -0.15) is 0 Å². The number of benzene rings is 2. The van der Waals surface area contributed by atoms with Gasteiger partial charge in [-0.15, -0.1) is 10.2 Å². The Balaban J connectivity index is 2.25. The predicted octanol–water partition coefficient (Wildman–Crippen LogP) is 6.97. The average molecular weight is 346 g/mol. The van der Waals surface area contributed by atoms with Gasteiger partial charge in [0, 0.05) is 10.6 Å². The minimum atomic E-state index is 0.167. The summed E-state index contributed by atoms with van der Waals surface area (Å²) in [7, 11) is 0. The van der Waals surface area contributed by atoms with Crippen molar-refractivity contribution in [2.45, 2.75) is 0 Å². The van der Waals surface area contributed by atoms with Crippen molar-refractivity contribution < 1.29 is 0 Å². The molecule has 0 radical (unpaired) electrons. The van der Waals surface area contributed by atoms with Gasteiger partial charge in [0.05, 0.1) is 15.7 Å². The summed E-state index contributed by atoms with van der Waals surface area (Å²) < 4.78 is 0. The molecule has 2 aromatic rings. The van der Waals surface area contributed by atoms with Crippen LogP contribution < -0.4 is 0 Å². The van der Waals surface area contributed by atoms with Crippen molar-refractivity contribution in [3.8, 4) is 0 Å². The molecular weight excluding hydrogens is 338 g/mol. The van der Waals surface area contributed by atoms with Gasteiger partial charge in [-0.25, -0.2) is 0 Å². The third-order valence-electron chi connectivity index (χ3n) is 2.32. The molecule has 0 atom stereocenters. The Hall–Kier alpha value is -1.06. The first-order valence-corrected chi connectivity index (χ1v) is 7.06. The second kappa shape index (κ2) is 7.09. The van der Waals surface area contributed by atoms with E-state index >= 15 is 0 Å². The van der Waals surface area contributed by atoms with Crippen LogP contribution in [0.25, 0.3) is 6.08 Å². The molecule has 0 heterocycles. The lowest BCUT2D eigenvalue weighted by atomic mass is 10.2. The Morgan fingerprint density at radius 3 is 2.15 bits per heavy atom. The summed E-state index contributed by atoms with van der Waals surface area (Å²) >= 11 is 23.9. The van der Waals surface area contributed by atoms with E-state index in [1.54, 1.807) is 12.1 Å². The largest absolute Gasteiger partial charge is 0.152 e. The fourth-order valence-electron chi connectivity index (χ4n) is 1.44. The maximum atomic E-state index is 6.05. The van der Waals surface area contributed by atoms with Crippen LogP contribution in [0.1, 0.15) is 5.56 Å². The van der Waals surface area contributed by atoms with Gasteiger partial charge in [0.25, 0.3) is 0 Å². The van der Waals surface area contributed by atoms with Crippen molar-refractivity contribution in [3.05, 3.63) is 68.3 Å². The fraction of sp³-hybridized carbons (Fsp3) is 0. The fourth-order valence-corrected chi connectivity index (χ4v) is 2.51. The average Bonchev–Trinajstić information content (AvgIpc) is 2.42. The van der Waals surface area contributed by atoms with Crippen LogP contribution in [0.2, 0.25) is 15.1 Å². The van der Waals surface area contributed by atoms with Crippen LogP contribution >= 0.6 is 46.4 Å². The molecule has 2 nitrogen and oxygen atoms in total. The lowest BCUT2D eigenvalue weighted by Gasteiger charge is -2.02. The van der Waals surface area contributed by atoms with Crippen LogP contribution in [0, 0.1) is 0 Å². The van der Waals surface area contributed by atoms with Crippen LogP contribution in [0.4, 0.5) is 5.69 Å². The first-order chi connectivity index (χ1) is 9.56. The van der Waals surface area contributed by atoms with E-state index < -0.39 is 0 Å². The highest BCUT2D eigenvalue weighted by Gasteiger charge is 2.06. The van der Waals surface area contributed by atoms with Crippen LogP contribution in [-0.4, -0.2) is 0 Å². The highest BCUT2D eigenvalue weighted by Crippen LogP contribution is 2.31. The van der Waals surface area contributed by atoms with Gasteiger partial charge in [0.15, 0.2) is 5.16 Å². The molecule has 2 rings (SSSR count). The van der Waals surface area contributed by atoms with Crippen molar-refractivity contribution in [1.29, 1.82) is 0 Å². The maximum Gasteiger partial charge on any atom is 0.152 e. The molecule has 102 valence electrons. The summed E-state index contributed by atoms with van der Waals surface area (Å²) in [5, 5.41) is 9.31. The molecule has 0 saturated carbocycles. The minimum absolute atomic E-state index is 0.167. The Kier molecular flexibility index (Phi) is 5.44. The van der Waals surface area contributed by atoms with Crippen LogP contribution in [-0.2, 0) is 0 Å². The molecule has 0 bridgehead atoms. The summed E-state index contributed by atoms with van der Waals surface area (Å²) in [5.74, 6) is 0. The second-order valence-corrected chi connectivity index (χ2v) is 5.42. The number of nitrogens with zero attached hydrogens (tertiary/aromatic N) is 2. The first-order valence-electron chi connectivity index (χ1n) is 5.55. The molecule has 0 aliphatic carbocycles. The first kappa shape index (κ1) is 15.3. The smallest absolute Gasteiger partial charge is 0.150 e. The molecule has 20 heavy (non-hydrogen) atoms. The zero-order chi connectivity index (χ0) is 14.5. The topological polar surface area (TPSA) is 24.7 Å².